The Balaban J connectivity index is 2.12. The summed E-state index contributed by atoms with van der Waals surface area (Å²) in [6, 6.07) is 12.0. The maximum atomic E-state index is 11.3. The van der Waals surface area contributed by atoms with Crippen LogP contribution >= 0.6 is 15.9 Å². The molecule has 2 aromatic carbocycles. The molecule has 0 saturated carbocycles. The van der Waals surface area contributed by atoms with Gasteiger partial charge in [0.15, 0.2) is 5.58 Å². The van der Waals surface area contributed by atoms with Gasteiger partial charge in [-0.1, -0.05) is 39.7 Å². The van der Waals surface area contributed by atoms with Crippen molar-refractivity contribution in [1.82, 2.24) is 10.3 Å². The van der Waals surface area contributed by atoms with Crippen LogP contribution in [-0.4, -0.2) is 12.0 Å². The number of benzene rings is 2. The first-order chi connectivity index (χ1) is 10.1. The minimum absolute atomic E-state index is 0.0175. The molecule has 0 spiro atoms. The third-order valence-electron chi connectivity index (χ3n) is 3.53. The van der Waals surface area contributed by atoms with Gasteiger partial charge in [0.1, 0.15) is 0 Å². The quantitative estimate of drug-likeness (QED) is 0.762. The maximum Gasteiger partial charge on any atom is 0.417 e. The highest BCUT2D eigenvalue weighted by Crippen LogP contribution is 2.30. The summed E-state index contributed by atoms with van der Waals surface area (Å²) in [5.74, 6) is -0.431. The highest BCUT2D eigenvalue weighted by atomic mass is 79.9. The highest BCUT2D eigenvalue weighted by Gasteiger charge is 2.16. The summed E-state index contributed by atoms with van der Waals surface area (Å²) >= 11 is 3.60. The third kappa shape index (κ3) is 2.66. The molecule has 0 saturated heterocycles. The fourth-order valence-electron chi connectivity index (χ4n) is 2.53. The first-order valence-corrected chi connectivity index (χ1v) is 7.44. The van der Waals surface area contributed by atoms with Crippen LogP contribution in [0.15, 0.2) is 50.1 Å². The van der Waals surface area contributed by atoms with Crippen LogP contribution < -0.4 is 11.1 Å². The van der Waals surface area contributed by atoms with Gasteiger partial charge in [-0.05, 0) is 43.3 Å². The highest BCUT2D eigenvalue weighted by molar-refractivity contribution is 9.10. The van der Waals surface area contributed by atoms with E-state index in [1.165, 1.54) is 5.56 Å². The van der Waals surface area contributed by atoms with Crippen molar-refractivity contribution >= 4 is 27.0 Å². The predicted octanol–water partition coefficient (Wildman–Crippen LogP) is 3.50. The lowest BCUT2D eigenvalue weighted by molar-refractivity contribution is 0.554. The normalized spacial score (nSPS) is 12.7. The Bertz CT molecular complexity index is 851. The number of oxazole rings is 1. The van der Waals surface area contributed by atoms with E-state index in [1.807, 2.05) is 31.3 Å². The van der Waals surface area contributed by atoms with Crippen molar-refractivity contribution in [3.63, 3.8) is 0 Å². The van der Waals surface area contributed by atoms with Gasteiger partial charge in [0.2, 0.25) is 0 Å². The second kappa shape index (κ2) is 5.50. The van der Waals surface area contributed by atoms with Crippen LogP contribution in [0.5, 0.6) is 0 Å². The van der Waals surface area contributed by atoms with E-state index in [1.54, 1.807) is 0 Å². The Labute approximate surface area is 130 Å². The van der Waals surface area contributed by atoms with Crippen molar-refractivity contribution in [2.24, 2.45) is 0 Å². The lowest BCUT2D eigenvalue weighted by Gasteiger charge is -2.19. The molecule has 0 aliphatic carbocycles. The van der Waals surface area contributed by atoms with E-state index in [9.17, 15) is 4.79 Å². The molecule has 4 nitrogen and oxygen atoms in total. The number of rotatable bonds is 3. The number of aromatic amines is 1. The van der Waals surface area contributed by atoms with E-state index in [0.29, 0.717) is 11.1 Å². The Morgan fingerprint density at radius 3 is 2.81 bits per heavy atom. The van der Waals surface area contributed by atoms with Crippen LogP contribution in [0.4, 0.5) is 0 Å². The van der Waals surface area contributed by atoms with Gasteiger partial charge in [-0.25, -0.2) is 4.79 Å². The molecular formula is C16H15BrN2O2. The van der Waals surface area contributed by atoms with E-state index in [4.69, 9.17) is 4.42 Å². The molecule has 3 aromatic rings. The number of fused-ring (bicyclic) bond motifs is 1. The largest absolute Gasteiger partial charge is 0.417 e. The molecule has 1 atom stereocenters. The van der Waals surface area contributed by atoms with Gasteiger partial charge in [0, 0.05) is 4.47 Å². The molecule has 5 heteroatoms. The number of hydrogen-bond donors (Lipinski definition) is 2. The number of H-pyrrole nitrogens is 1. The molecule has 1 unspecified atom stereocenters. The van der Waals surface area contributed by atoms with Crippen LogP contribution in [0.25, 0.3) is 11.1 Å². The molecule has 3 rings (SSSR count). The molecule has 21 heavy (non-hydrogen) atoms. The van der Waals surface area contributed by atoms with Gasteiger partial charge in [-0.2, -0.15) is 0 Å². The summed E-state index contributed by atoms with van der Waals surface area (Å²) in [7, 11) is 1.91. The van der Waals surface area contributed by atoms with Crippen LogP contribution in [-0.2, 0) is 0 Å². The second-order valence-corrected chi connectivity index (χ2v) is 5.87. The smallest absolute Gasteiger partial charge is 0.408 e. The summed E-state index contributed by atoms with van der Waals surface area (Å²) in [5, 5.41) is 3.31. The number of aryl methyl sites for hydroxylation is 1. The lowest BCUT2D eigenvalue weighted by atomic mass is 9.97. The van der Waals surface area contributed by atoms with Crippen LogP contribution in [0.3, 0.4) is 0 Å². The summed E-state index contributed by atoms with van der Waals surface area (Å²) in [5.41, 5.74) is 4.67. The van der Waals surface area contributed by atoms with E-state index < -0.39 is 5.76 Å². The summed E-state index contributed by atoms with van der Waals surface area (Å²) in [4.78, 5) is 13.9. The average molecular weight is 347 g/mol. The molecule has 2 N–H and O–H groups in total. The number of aromatic nitrogens is 1. The summed E-state index contributed by atoms with van der Waals surface area (Å²) in [6.07, 6.45) is 0. The Kier molecular flexibility index (Phi) is 3.69. The SMILES string of the molecule is CNC(c1ccc2[nH]c(=O)oc2c1)c1cc(C)ccc1Br. The zero-order valence-electron chi connectivity index (χ0n) is 11.7. The van der Waals surface area contributed by atoms with E-state index >= 15 is 0 Å². The van der Waals surface area contributed by atoms with Gasteiger partial charge in [0.25, 0.3) is 0 Å². The molecule has 0 aliphatic rings. The number of halogens is 1. The second-order valence-electron chi connectivity index (χ2n) is 5.02. The predicted molar refractivity (Wildman–Crippen MR) is 86.6 cm³/mol. The monoisotopic (exact) mass is 346 g/mol. The Morgan fingerprint density at radius 1 is 1.24 bits per heavy atom. The molecule has 0 fully saturated rings. The first kappa shape index (κ1) is 14.1. The lowest BCUT2D eigenvalue weighted by Crippen LogP contribution is -2.18. The van der Waals surface area contributed by atoms with Crippen molar-refractivity contribution in [2.75, 3.05) is 7.05 Å². The van der Waals surface area contributed by atoms with E-state index in [-0.39, 0.29) is 6.04 Å². The molecule has 0 amide bonds. The van der Waals surface area contributed by atoms with Crippen LogP contribution in [0.2, 0.25) is 0 Å². The summed E-state index contributed by atoms with van der Waals surface area (Å²) in [6.45, 7) is 2.07. The topological polar surface area (TPSA) is 58.0 Å². The number of hydrogen-bond acceptors (Lipinski definition) is 3. The van der Waals surface area contributed by atoms with Gasteiger partial charge in [-0.15, -0.1) is 0 Å². The van der Waals surface area contributed by atoms with Crippen molar-refractivity contribution in [3.8, 4) is 0 Å². The van der Waals surface area contributed by atoms with Crippen molar-refractivity contribution in [3.05, 3.63) is 68.1 Å². The molecule has 108 valence electrons. The molecule has 0 radical (unpaired) electrons. The fraction of sp³-hybridized carbons (Fsp3) is 0.188. The average Bonchev–Trinajstić information content (AvgIpc) is 2.83. The van der Waals surface area contributed by atoms with Crippen LogP contribution in [0.1, 0.15) is 22.7 Å². The van der Waals surface area contributed by atoms with Gasteiger partial charge >= 0.3 is 5.76 Å². The Morgan fingerprint density at radius 2 is 2.05 bits per heavy atom. The zero-order chi connectivity index (χ0) is 15.0. The standard InChI is InChI=1S/C16H15BrN2O2/c1-9-3-5-12(17)11(7-9)15(18-2)10-4-6-13-14(8-10)21-16(20)19-13/h3-8,15,18H,1-2H3,(H,19,20). The maximum absolute atomic E-state index is 11.3. The Hall–Kier alpha value is -1.85. The van der Waals surface area contributed by atoms with Gasteiger partial charge in [-0.3, -0.25) is 4.98 Å². The van der Waals surface area contributed by atoms with Crippen molar-refractivity contribution < 1.29 is 4.42 Å². The van der Waals surface area contributed by atoms with Crippen LogP contribution in [0, 0.1) is 6.92 Å². The molecular weight excluding hydrogens is 332 g/mol. The molecule has 1 heterocycles. The molecule has 0 bridgehead atoms. The van der Waals surface area contributed by atoms with Gasteiger partial charge < -0.3 is 9.73 Å². The third-order valence-corrected chi connectivity index (χ3v) is 4.25. The molecule has 1 aromatic heterocycles. The minimum Gasteiger partial charge on any atom is -0.408 e. The van der Waals surface area contributed by atoms with E-state index in [2.05, 4.69) is 45.3 Å². The first-order valence-electron chi connectivity index (χ1n) is 6.64. The van der Waals surface area contributed by atoms with Gasteiger partial charge in [0.05, 0.1) is 11.6 Å². The number of nitrogens with one attached hydrogen (secondary N) is 2. The van der Waals surface area contributed by atoms with Crippen molar-refractivity contribution in [1.29, 1.82) is 0 Å². The summed E-state index contributed by atoms with van der Waals surface area (Å²) < 4.78 is 6.19. The minimum atomic E-state index is -0.431. The van der Waals surface area contributed by atoms with Crippen molar-refractivity contribution in [2.45, 2.75) is 13.0 Å². The molecule has 0 aliphatic heterocycles. The fourth-order valence-corrected chi connectivity index (χ4v) is 3.00. The zero-order valence-corrected chi connectivity index (χ0v) is 13.3. The van der Waals surface area contributed by atoms with E-state index in [0.717, 1.165) is 15.6 Å².